The molecule has 1 N–H and O–H groups in total. The smallest absolute Gasteiger partial charge is 0.137 e. The van der Waals surface area contributed by atoms with Gasteiger partial charge in [0.25, 0.3) is 0 Å². The third-order valence-corrected chi connectivity index (χ3v) is 12.0. The molecule has 0 saturated heterocycles. The number of para-hydroxylation sites is 1. The van der Waals surface area contributed by atoms with Crippen molar-refractivity contribution in [1.29, 1.82) is 0 Å². The minimum absolute atomic E-state index is 0.00366. The molecule has 0 saturated carbocycles. The van der Waals surface area contributed by atoms with Crippen molar-refractivity contribution in [2.24, 2.45) is 0 Å². The van der Waals surface area contributed by atoms with E-state index < -0.39 is 0 Å². The number of rotatable bonds is 7. The summed E-state index contributed by atoms with van der Waals surface area (Å²) in [5, 5.41) is 6.29. The van der Waals surface area contributed by atoms with E-state index in [1.54, 1.807) is 0 Å². The van der Waals surface area contributed by atoms with Crippen LogP contribution in [0, 0.1) is 0 Å². The van der Waals surface area contributed by atoms with Crippen LogP contribution < -0.4 is 15.0 Å². The molecule has 0 aliphatic heterocycles. The zero-order valence-corrected chi connectivity index (χ0v) is 39.7. The molecular formula is C56H68N4O. The van der Waals surface area contributed by atoms with Gasteiger partial charge in [0.2, 0.25) is 0 Å². The third-order valence-electron chi connectivity index (χ3n) is 12.0. The predicted molar refractivity (Wildman–Crippen MR) is 263 cm³/mol. The molecule has 318 valence electrons. The van der Waals surface area contributed by atoms with Crippen LogP contribution in [-0.2, 0) is 27.1 Å². The van der Waals surface area contributed by atoms with Crippen molar-refractivity contribution in [3.05, 3.63) is 143 Å². The van der Waals surface area contributed by atoms with Crippen LogP contribution in [0.2, 0.25) is 0 Å². The molecule has 0 bridgehead atoms. The van der Waals surface area contributed by atoms with Gasteiger partial charge in [-0.1, -0.05) is 134 Å². The van der Waals surface area contributed by atoms with E-state index in [0.717, 1.165) is 56.5 Å². The van der Waals surface area contributed by atoms with Gasteiger partial charge in [-0.05, 0) is 122 Å². The quantitative estimate of drug-likeness (QED) is 0.174. The highest BCUT2D eigenvalue weighted by molar-refractivity contribution is 6.09. The van der Waals surface area contributed by atoms with E-state index in [4.69, 9.17) is 9.72 Å². The molecule has 0 fully saturated rings. The Labute approximate surface area is 366 Å². The van der Waals surface area contributed by atoms with Gasteiger partial charge in [0, 0.05) is 47.5 Å². The van der Waals surface area contributed by atoms with Crippen LogP contribution >= 0.6 is 0 Å². The van der Waals surface area contributed by atoms with Gasteiger partial charge in [-0.15, -0.1) is 0 Å². The van der Waals surface area contributed by atoms with Gasteiger partial charge >= 0.3 is 0 Å². The van der Waals surface area contributed by atoms with E-state index in [2.05, 4.69) is 235 Å². The second-order valence-electron chi connectivity index (χ2n) is 22.2. The lowest BCUT2D eigenvalue weighted by molar-refractivity contribution is 0.479. The van der Waals surface area contributed by atoms with Gasteiger partial charge < -0.3 is 15.0 Å². The van der Waals surface area contributed by atoms with E-state index >= 15 is 0 Å². The molecule has 0 aliphatic rings. The molecule has 0 atom stereocenters. The van der Waals surface area contributed by atoms with Crippen LogP contribution in [0.5, 0.6) is 11.5 Å². The molecule has 2 aromatic heterocycles. The summed E-state index contributed by atoms with van der Waals surface area (Å²) in [6.45, 7) is 34.1. The lowest BCUT2D eigenvalue weighted by Crippen LogP contribution is -2.18. The van der Waals surface area contributed by atoms with Crippen LogP contribution in [0.3, 0.4) is 0 Å². The summed E-state index contributed by atoms with van der Waals surface area (Å²) in [7, 11) is 2.16. The molecule has 5 aromatic carbocycles. The van der Waals surface area contributed by atoms with Crippen LogP contribution in [0.1, 0.15) is 132 Å². The van der Waals surface area contributed by atoms with E-state index in [1.165, 1.54) is 33.2 Å². The van der Waals surface area contributed by atoms with Crippen molar-refractivity contribution >= 4 is 44.6 Å². The normalized spacial score (nSPS) is 12.9. The fourth-order valence-electron chi connectivity index (χ4n) is 7.93. The molecule has 7 rings (SSSR count). The zero-order valence-electron chi connectivity index (χ0n) is 39.7. The fraction of sp³-hybridized carbons (Fsp3) is 0.375. The van der Waals surface area contributed by atoms with Crippen molar-refractivity contribution in [2.45, 2.75) is 131 Å². The highest BCUT2D eigenvalue weighted by Crippen LogP contribution is 2.42. The molecule has 0 spiro atoms. The number of hydrogen-bond donors (Lipinski definition) is 1. The Morgan fingerprint density at radius 1 is 0.492 bits per heavy atom. The first-order valence-electron chi connectivity index (χ1n) is 21.9. The Balaban J connectivity index is 1.33. The van der Waals surface area contributed by atoms with Crippen LogP contribution in [0.15, 0.2) is 115 Å². The van der Waals surface area contributed by atoms with Crippen LogP contribution in [0.25, 0.3) is 27.6 Å². The summed E-state index contributed by atoms with van der Waals surface area (Å²) >= 11 is 0. The summed E-state index contributed by atoms with van der Waals surface area (Å²) < 4.78 is 9.19. The minimum Gasteiger partial charge on any atom is -0.457 e. The second kappa shape index (κ2) is 15.4. The number of pyridine rings is 1. The number of nitrogens with one attached hydrogen (secondary N) is 1. The number of aromatic nitrogens is 2. The van der Waals surface area contributed by atoms with Gasteiger partial charge in [0.05, 0.1) is 22.4 Å². The van der Waals surface area contributed by atoms with Crippen molar-refractivity contribution in [3.8, 4) is 17.3 Å². The largest absolute Gasteiger partial charge is 0.457 e. The first-order chi connectivity index (χ1) is 28.3. The summed E-state index contributed by atoms with van der Waals surface area (Å²) in [6, 6.07) is 39.9. The van der Waals surface area contributed by atoms with E-state index in [9.17, 15) is 0 Å². The molecule has 2 heterocycles. The summed E-state index contributed by atoms with van der Waals surface area (Å²) in [5.74, 6) is 2.46. The maximum Gasteiger partial charge on any atom is 0.137 e. The Morgan fingerprint density at radius 3 is 1.69 bits per heavy atom. The molecule has 0 aliphatic carbocycles. The Kier molecular flexibility index (Phi) is 11.0. The highest BCUT2D eigenvalue weighted by Gasteiger charge is 2.25. The topological polar surface area (TPSA) is 42.3 Å². The first kappa shape index (κ1) is 43.5. The van der Waals surface area contributed by atoms with Gasteiger partial charge in [0.15, 0.2) is 0 Å². The number of ether oxygens (including phenoxy) is 1. The average molecular weight is 813 g/mol. The second-order valence-corrected chi connectivity index (χ2v) is 22.2. The fourth-order valence-corrected chi connectivity index (χ4v) is 7.93. The van der Waals surface area contributed by atoms with Gasteiger partial charge in [-0.2, -0.15) is 0 Å². The van der Waals surface area contributed by atoms with Crippen LogP contribution in [-0.4, -0.2) is 16.6 Å². The van der Waals surface area contributed by atoms with Gasteiger partial charge in [0.1, 0.15) is 17.3 Å². The molecular weight excluding hydrogens is 745 g/mol. The molecule has 5 heteroatoms. The van der Waals surface area contributed by atoms with E-state index in [0.29, 0.717) is 0 Å². The summed E-state index contributed by atoms with van der Waals surface area (Å²) in [5.41, 5.74) is 12.7. The highest BCUT2D eigenvalue weighted by atomic mass is 16.5. The maximum absolute atomic E-state index is 6.92. The molecule has 5 nitrogen and oxygen atoms in total. The number of nitrogens with zero attached hydrogens (tertiary/aromatic N) is 3. The summed E-state index contributed by atoms with van der Waals surface area (Å²) in [4.78, 5) is 7.20. The molecule has 0 amide bonds. The molecule has 61 heavy (non-hydrogen) atoms. The van der Waals surface area contributed by atoms with Crippen molar-refractivity contribution in [1.82, 2.24) is 9.55 Å². The minimum atomic E-state index is -0.122. The van der Waals surface area contributed by atoms with Crippen molar-refractivity contribution in [2.75, 3.05) is 17.3 Å². The van der Waals surface area contributed by atoms with Crippen molar-refractivity contribution < 1.29 is 4.74 Å². The van der Waals surface area contributed by atoms with E-state index in [1.807, 2.05) is 6.20 Å². The monoisotopic (exact) mass is 813 g/mol. The maximum atomic E-state index is 6.92. The predicted octanol–water partition coefficient (Wildman–Crippen LogP) is 16.0. The summed E-state index contributed by atoms with van der Waals surface area (Å²) in [6.07, 6.45) is 1.93. The Hall–Kier alpha value is -5.55. The number of benzene rings is 5. The Bertz CT molecular complexity index is 2700. The van der Waals surface area contributed by atoms with Crippen LogP contribution in [0.4, 0.5) is 22.7 Å². The molecule has 0 unspecified atom stereocenters. The first-order valence-corrected chi connectivity index (χ1v) is 21.9. The SMILES string of the molecule is CN(c1cc(Oc2ccc3c4ccccc4n(-c4cc(C(C)(C)C)ccn4)c3c2)cc(C(C)(C)C)c1)c1ccc(C(C)(C)C)cc1Nc1cc(C(C)(C)C)cc(C(C)(C)C)c1. The molecule has 0 radical (unpaired) electrons. The van der Waals surface area contributed by atoms with Crippen molar-refractivity contribution in [3.63, 3.8) is 0 Å². The lowest BCUT2D eigenvalue weighted by atomic mass is 9.80. The van der Waals surface area contributed by atoms with Gasteiger partial charge in [-0.3, -0.25) is 4.57 Å². The lowest BCUT2D eigenvalue weighted by Gasteiger charge is -2.30. The average Bonchev–Trinajstić information content (AvgIpc) is 3.49. The Morgan fingerprint density at radius 2 is 1.07 bits per heavy atom. The molecule has 7 aromatic rings. The number of fused-ring (bicyclic) bond motifs is 3. The zero-order chi connectivity index (χ0) is 44.4. The number of anilines is 4. The van der Waals surface area contributed by atoms with Gasteiger partial charge in [-0.25, -0.2) is 4.98 Å². The standard InChI is InChI=1S/C56H68N4O/c1-52(2,3)36-21-24-49(47(32-36)58-41-28-38(54(7,8)9)27-39(29-41)55(10,11)12)59(16)42-30-40(56(13,14)15)31-44(34-42)61-43-22-23-46-45-19-17-18-20-48(45)60(50(46)35-43)51-33-37(25-26-57-51)53(4,5)6/h17-35,58H,1-16H3. The van der Waals surface area contributed by atoms with E-state index in [-0.39, 0.29) is 27.1 Å². The third kappa shape index (κ3) is 9.22. The number of hydrogen-bond acceptors (Lipinski definition) is 4.